The number of nitrogens with one attached hydrogen (secondary N) is 5. The van der Waals surface area contributed by atoms with Crippen LogP contribution in [0.2, 0.25) is 0 Å². The van der Waals surface area contributed by atoms with Gasteiger partial charge in [0.2, 0.25) is 35.4 Å². The number of nitrogens with two attached hydrogens (primary N) is 1. The van der Waals surface area contributed by atoms with Crippen LogP contribution in [0.5, 0.6) is 0 Å². The van der Waals surface area contributed by atoms with Crippen LogP contribution in [0.25, 0.3) is 0 Å². The maximum absolute atomic E-state index is 15.0. The lowest BCUT2D eigenvalue weighted by Gasteiger charge is -2.44. The van der Waals surface area contributed by atoms with Gasteiger partial charge in [-0.25, -0.2) is 8.98 Å². The minimum Gasteiger partial charge on any atom is -0.458 e. The van der Waals surface area contributed by atoms with Gasteiger partial charge in [-0.2, -0.15) is 8.42 Å². The Hall–Kier alpha value is -6.05. The summed E-state index contributed by atoms with van der Waals surface area (Å²) in [6, 6.07) is 7.58. The molecule has 0 spiro atoms. The predicted molar refractivity (Wildman–Crippen MR) is 273 cm³/mol. The number of amides is 7. The van der Waals surface area contributed by atoms with Crippen molar-refractivity contribution in [3.8, 4) is 0 Å². The number of likely N-dealkylation sites (N-methyl/N-ethyl adjacent to an activating group) is 1. The van der Waals surface area contributed by atoms with Gasteiger partial charge in [-0.3, -0.25) is 38.1 Å². The zero-order chi connectivity index (χ0) is 55.6. The van der Waals surface area contributed by atoms with Crippen LogP contribution >= 0.6 is 0 Å². The van der Waals surface area contributed by atoms with Crippen LogP contribution in [-0.4, -0.2) is 163 Å². The Kier molecular flexibility index (Phi) is 24.0. The zero-order valence-corrected chi connectivity index (χ0v) is 44.6. The van der Waals surface area contributed by atoms with E-state index in [4.69, 9.17) is 19.8 Å². The van der Waals surface area contributed by atoms with Gasteiger partial charge in [-0.1, -0.05) is 101 Å². The summed E-state index contributed by atoms with van der Waals surface area (Å²) in [6.07, 6.45) is -3.42. The standard InChI is InChI=1S/C51H76N8O15S/c1-8-30(3)41-51(68)74-32(5)42(57-45(62)36(24-23-33-18-12-10-13-19-33)53-47(64)39(72-7)29-73-75(69,70)71)48(65)54-35(22-16-17-27-52)44(61)55-37-25-26-40(60)59(49(37)66)43(31(4)9-2)50(67)58(6)38(46(63)56-41)28-34-20-14-11-15-21-34/h10-15,18-21,30-32,35-43,60H,8-9,16-17,22-29,52H2,1-7H3,(H,53,64)(H,54,65)(H,55,61)(H,56,63)(H,57,62)(H,69,70,71)/t30-,31+,32-,35+,36-,37+,38+,39-,40-,41+,42+,43+/m1/s1. The number of ether oxygens (including phenoxy) is 2. The number of carbonyl (C=O) groups is 8. The molecule has 0 aromatic heterocycles. The van der Waals surface area contributed by atoms with E-state index in [1.807, 2.05) is 0 Å². The number of hydrogen-bond donors (Lipinski definition) is 8. The quantitative estimate of drug-likeness (QED) is 0.0477. The number of carbonyl (C=O) groups excluding carboxylic acids is 8. The first-order valence-electron chi connectivity index (χ1n) is 25.5. The molecule has 0 aliphatic carbocycles. The molecule has 23 nitrogen and oxygen atoms in total. The first-order valence-corrected chi connectivity index (χ1v) is 26.8. The molecule has 0 saturated carbocycles. The molecule has 7 amide bonds. The molecule has 2 aliphatic rings. The fraction of sp³-hybridized carbons (Fsp3) is 0.608. The number of unbranched alkanes of at least 4 members (excludes halogenated alkanes) is 1. The van der Waals surface area contributed by atoms with Crippen molar-refractivity contribution in [3.63, 3.8) is 0 Å². The van der Waals surface area contributed by atoms with E-state index in [-0.39, 0.29) is 45.1 Å². The number of nitrogens with zero attached hydrogens (tertiary/aromatic N) is 2. The third-order valence-corrected chi connectivity index (χ3v) is 14.3. The molecule has 2 bridgehead atoms. The number of fused-ring (bicyclic) bond motifs is 2. The van der Waals surface area contributed by atoms with Crippen molar-refractivity contribution >= 4 is 57.7 Å². The highest BCUT2D eigenvalue weighted by Gasteiger charge is 2.47. The van der Waals surface area contributed by atoms with Gasteiger partial charge in [0.05, 0.1) is 0 Å². The Morgan fingerprint density at radius 1 is 0.853 bits per heavy atom. The van der Waals surface area contributed by atoms with E-state index in [9.17, 15) is 51.9 Å². The number of aliphatic hydroxyl groups is 1. The summed E-state index contributed by atoms with van der Waals surface area (Å²) in [5.41, 5.74) is 7.19. The Morgan fingerprint density at radius 3 is 2.07 bits per heavy atom. The number of methoxy groups -OCH3 is 1. The number of cyclic esters (lactones) is 1. The predicted octanol–water partition coefficient (Wildman–Crippen LogP) is 0.423. The normalized spacial score (nSPS) is 25.2. The lowest BCUT2D eigenvalue weighted by atomic mass is 9.91. The molecule has 4 rings (SSSR count). The summed E-state index contributed by atoms with van der Waals surface area (Å²) < 4.78 is 47.4. The number of benzene rings is 2. The number of aliphatic hydroxyl groups excluding tert-OH is 1. The molecule has 75 heavy (non-hydrogen) atoms. The number of aryl methyl sites for hydroxylation is 1. The van der Waals surface area contributed by atoms with E-state index in [1.165, 1.54) is 18.9 Å². The zero-order valence-electron chi connectivity index (χ0n) is 43.8. The molecule has 2 saturated heterocycles. The van der Waals surface area contributed by atoms with Gasteiger partial charge in [-0.15, -0.1) is 0 Å². The van der Waals surface area contributed by atoms with Crippen molar-refractivity contribution in [3.05, 3.63) is 71.8 Å². The number of piperidine rings is 1. The van der Waals surface area contributed by atoms with E-state index in [2.05, 4.69) is 30.8 Å². The molecule has 24 heteroatoms. The van der Waals surface area contributed by atoms with Gasteiger partial charge in [0.25, 0.3) is 5.91 Å². The molecule has 12 atom stereocenters. The van der Waals surface area contributed by atoms with Crippen LogP contribution in [0.3, 0.4) is 0 Å². The second kappa shape index (κ2) is 29.3. The van der Waals surface area contributed by atoms with Gasteiger partial charge >= 0.3 is 16.4 Å². The largest absolute Gasteiger partial charge is 0.458 e. The summed E-state index contributed by atoms with van der Waals surface area (Å²) in [5, 5.41) is 24.8. The highest BCUT2D eigenvalue weighted by atomic mass is 32.3. The van der Waals surface area contributed by atoms with Gasteiger partial charge in [0.1, 0.15) is 61.2 Å². The second-order valence-corrected chi connectivity index (χ2v) is 20.3. The molecule has 2 aromatic rings. The van der Waals surface area contributed by atoms with Gasteiger partial charge in [0.15, 0.2) is 6.10 Å². The summed E-state index contributed by atoms with van der Waals surface area (Å²) in [6.45, 7) is 7.53. The SMILES string of the molecule is CC[C@@H](C)[C@@H]1NC(=O)[C@H](Cc2ccccc2)N(C)C(=O)[C@H]([C@@H](C)CC)N2C(=O)[C@H](CC[C@H]2O)NC(=O)[C@H](CCCCN)NC(=O)[C@@H](NC(=O)[C@@H](CCc2ccccc2)NC(=O)[C@@H](COS(=O)(=O)O)OC)[C@@H](C)OC1=O. The Labute approximate surface area is 439 Å². The monoisotopic (exact) mass is 1070 g/mol. The van der Waals surface area contributed by atoms with Crippen LogP contribution < -0.4 is 32.3 Å². The fourth-order valence-electron chi connectivity index (χ4n) is 8.90. The molecule has 2 fully saturated rings. The Morgan fingerprint density at radius 2 is 1.48 bits per heavy atom. The van der Waals surface area contributed by atoms with Gasteiger partial charge in [0, 0.05) is 20.6 Å². The van der Waals surface area contributed by atoms with Crippen molar-refractivity contribution in [2.75, 3.05) is 27.3 Å². The summed E-state index contributed by atoms with van der Waals surface area (Å²) >= 11 is 0. The third-order valence-electron chi connectivity index (χ3n) is 13.9. The van der Waals surface area contributed by atoms with Crippen molar-refractivity contribution in [2.24, 2.45) is 17.6 Å². The number of esters is 1. The summed E-state index contributed by atoms with van der Waals surface area (Å²) in [5.74, 6) is -8.36. The average Bonchev–Trinajstić information content (AvgIpc) is 3.38. The molecule has 0 unspecified atom stereocenters. The molecular weight excluding hydrogens is 997 g/mol. The van der Waals surface area contributed by atoms with Crippen molar-refractivity contribution < 1.29 is 70.1 Å². The van der Waals surface area contributed by atoms with Gasteiger partial charge in [-0.05, 0) is 81.4 Å². The van der Waals surface area contributed by atoms with E-state index >= 15 is 0 Å². The van der Waals surface area contributed by atoms with Crippen LogP contribution in [0, 0.1) is 11.8 Å². The third kappa shape index (κ3) is 17.8. The molecule has 2 heterocycles. The minimum absolute atomic E-state index is 0.0274. The number of rotatable bonds is 21. The van der Waals surface area contributed by atoms with Crippen LogP contribution in [0.15, 0.2) is 60.7 Å². The fourth-order valence-corrected chi connectivity index (χ4v) is 9.20. The van der Waals surface area contributed by atoms with Crippen molar-refractivity contribution in [1.82, 2.24) is 36.4 Å². The van der Waals surface area contributed by atoms with E-state index in [0.717, 1.165) is 17.6 Å². The van der Waals surface area contributed by atoms with Crippen molar-refractivity contribution in [1.29, 1.82) is 0 Å². The molecular formula is C51H76N8O15S. The first kappa shape index (κ1) is 61.5. The molecule has 2 aromatic carbocycles. The van der Waals surface area contributed by atoms with Crippen molar-refractivity contribution in [2.45, 2.75) is 160 Å². The lowest BCUT2D eigenvalue weighted by Crippen LogP contribution is -2.66. The topological polar surface area (TPSA) is 332 Å². The maximum Gasteiger partial charge on any atom is 0.397 e. The highest BCUT2D eigenvalue weighted by molar-refractivity contribution is 7.80. The van der Waals surface area contributed by atoms with E-state index in [1.54, 1.807) is 88.4 Å². The molecule has 0 radical (unpaired) electrons. The number of hydrogen-bond acceptors (Lipinski definition) is 15. The smallest absolute Gasteiger partial charge is 0.397 e. The first-order chi connectivity index (χ1) is 35.5. The minimum atomic E-state index is -5.01. The average molecular weight is 1070 g/mol. The Balaban J connectivity index is 1.87. The Bertz CT molecular complexity index is 2370. The molecule has 2 aliphatic heterocycles. The second-order valence-electron chi connectivity index (χ2n) is 19.2. The van der Waals surface area contributed by atoms with Crippen LogP contribution in [0.4, 0.5) is 0 Å². The summed E-state index contributed by atoms with van der Waals surface area (Å²) in [7, 11) is -2.55. The molecule has 9 N–H and O–H groups in total. The van der Waals surface area contributed by atoms with Crippen LogP contribution in [0.1, 0.15) is 97.1 Å². The van der Waals surface area contributed by atoms with Gasteiger partial charge < -0.3 is 56.7 Å². The maximum atomic E-state index is 15.0. The van der Waals surface area contributed by atoms with E-state index < -0.39 is 137 Å². The van der Waals surface area contributed by atoms with Crippen LogP contribution in [-0.2, 0) is 75.3 Å². The molecule has 416 valence electrons. The lowest BCUT2D eigenvalue weighted by molar-refractivity contribution is -0.168. The summed E-state index contributed by atoms with van der Waals surface area (Å²) in [4.78, 5) is 118. The van der Waals surface area contributed by atoms with E-state index in [0.29, 0.717) is 31.2 Å². The highest BCUT2D eigenvalue weighted by Crippen LogP contribution is 2.28.